The van der Waals surface area contributed by atoms with Crippen LogP contribution in [0.25, 0.3) is 0 Å². The van der Waals surface area contributed by atoms with E-state index in [1.165, 1.54) is 0 Å². The number of anilines is 1. The predicted octanol–water partition coefficient (Wildman–Crippen LogP) is 1.39. The molecule has 4 nitrogen and oxygen atoms in total. The van der Waals surface area contributed by atoms with Crippen LogP contribution in [0.4, 0.5) is 5.82 Å². The second kappa shape index (κ2) is 3.61. The fourth-order valence-corrected chi connectivity index (χ4v) is 2.01. The summed E-state index contributed by atoms with van der Waals surface area (Å²) < 4.78 is 7.50. The Balaban J connectivity index is 2.33. The van der Waals surface area contributed by atoms with Crippen LogP contribution in [0.1, 0.15) is 18.5 Å². The van der Waals surface area contributed by atoms with E-state index in [4.69, 9.17) is 4.74 Å². The number of hydrogen-bond donors (Lipinski definition) is 0. The lowest BCUT2D eigenvalue weighted by molar-refractivity contribution is 0.0961. The van der Waals surface area contributed by atoms with Crippen LogP contribution in [-0.2, 0) is 11.3 Å². The summed E-state index contributed by atoms with van der Waals surface area (Å²) in [4.78, 5) is 2.16. The van der Waals surface area contributed by atoms with Crippen molar-refractivity contribution in [1.29, 1.82) is 0 Å². The SMILES string of the molecule is COC1CCCn2nc(C)cc2N1C. The summed E-state index contributed by atoms with van der Waals surface area (Å²) in [7, 11) is 3.83. The molecule has 0 aromatic carbocycles. The van der Waals surface area contributed by atoms with E-state index >= 15 is 0 Å². The van der Waals surface area contributed by atoms with E-state index in [0.717, 1.165) is 30.9 Å². The number of aryl methyl sites for hydroxylation is 2. The molecule has 0 radical (unpaired) electrons. The van der Waals surface area contributed by atoms with Crippen molar-refractivity contribution in [3.8, 4) is 0 Å². The number of methoxy groups -OCH3 is 1. The van der Waals surface area contributed by atoms with Gasteiger partial charge in [0.1, 0.15) is 12.0 Å². The van der Waals surface area contributed by atoms with Crippen LogP contribution in [0.2, 0.25) is 0 Å². The monoisotopic (exact) mass is 195 g/mol. The molecule has 0 fully saturated rings. The second-order valence-electron chi connectivity index (χ2n) is 3.81. The van der Waals surface area contributed by atoms with Crippen LogP contribution in [0.15, 0.2) is 6.07 Å². The molecule has 4 heteroatoms. The van der Waals surface area contributed by atoms with Gasteiger partial charge in [-0.2, -0.15) is 5.10 Å². The molecule has 1 unspecified atom stereocenters. The van der Waals surface area contributed by atoms with Gasteiger partial charge in [-0.3, -0.25) is 0 Å². The molecule has 1 atom stereocenters. The third-order valence-corrected chi connectivity index (χ3v) is 2.77. The van der Waals surface area contributed by atoms with Crippen LogP contribution >= 0.6 is 0 Å². The first kappa shape index (κ1) is 9.52. The third-order valence-electron chi connectivity index (χ3n) is 2.77. The van der Waals surface area contributed by atoms with E-state index in [1.807, 2.05) is 6.92 Å². The molecule has 0 bridgehead atoms. The van der Waals surface area contributed by atoms with E-state index in [9.17, 15) is 0 Å². The number of fused-ring (bicyclic) bond motifs is 1. The summed E-state index contributed by atoms with van der Waals surface area (Å²) >= 11 is 0. The molecule has 0 N–H and O–H groups in total. The summed E-state index contributed by atoms with van der Waals surface area (Å²) in [5, 5.41) is 4.45. The van der Waals surface area contributed by atoms with Crippen LogP contribution in [0.3, 0.4) is 0 Å². The van der Waals surface area contributed by atoms with Crippen molar-refractivity contribution in [3.05, 3.63) is 11.8 Å². The van der Waals surface area contributed by atoms with Crippen molar-refractivity contribution in [2.45, 2.75) is 32.5 Å². The molecule has 1 aromatic rings. The van der Waals surface area contributed by atoms with Crippen LogP contribution in [-0.4, -0.2) is 30.2 Å². The summed E-state index contributed by atoms with van der Waals surface area (Å²) in [5.74, 6) is 1.16. The molecule has 0 aliphatic carbocycles. The molecule has 0 amide bonds. The second-order valence-corrected chi connectivity index (χ2v) is 3.81. The van der Waals surface area contributed by atoms with Gasteiger partial charge in [0.15, 0.2) is 0 Å². The minimum Gasteiger partial charge on any atom is -0.362 e. The Morgan fingerprint density at radius 3 is 3.07 bits per heavy atom. The predicted molar refractivity (Wildman–Crippen MR) is 55.4 cm³/mol. The van der Waals surface area contributed by atoms with Crippen LogP contribution < -0.4 is 4.90 Å². The van der Waals surface area contributed by atoms with Crippen molar-refractivity contribution in [2.24, 2.45) is 0 Å². The maximum atomic E-state index is 5.43. The highest BCUT2D eigenvalue weighted by Crippen LogP contribution is 2.23. The minimum atomic E-state index is 0.187. The standard InChI is InChI=1S/C10H17N3O/c1-8-7-9-12(2)10(14-3)5-4-6-13(9)11-8/h7,10H,4-6H2,1-3H3. The first-order valence-electron chi connectivity index (χ1n) is 5.02. The van der Waals surface area contributed by atoms with Gasteiger partial charge in [-0.15, -0.1) is 0 Å². The van der Waals surface area contributed by atoms with E-state index in [1.54, 1.807) is 7.11 Å². The van der Waals surface area contributed by atoms with Crippen molar-refractivity contribution >= 4 is 5.82 Å². The van der Waals surface area contributed by atoms with Gasteiger partial charge in [0.25, 0.3) is 0 Å². The molecule has 1 aliphatic heterocycles. The minimum absolute atomic E-state index is 0.187. The summed E-state index contributed by atoms with van der Waals surface area (Å²) in [5.41, 5.74) is 1.07. The zero-order valence-electron chi connectivity index (χ0n) is 9.03. The highest BCUT2D eigenvalue weighted by Gasteiger charge is 2.21. The first-order valence-corrected chi connectivity index (χ1v) is 5.02. The van der Waals surface area contributed by atoms with Crippen molar-refractivity contribution in [2.75, 3.05) is 19.1 Å². The molecular weight excluding hydrogens is 178 g/mol. The Labute approximate surface area is 84.5 Å². The third kappa shape index (κ3) is 1.50. The van der Waals surface area contributed by atoms with E-state index in [0.29, 0.717) is 0 Å². The molecule has 0 spiro atoms. The van der Waals surface area contributed by atoms with E-state index in [-0.39, 0.29) is 6.23 Å². The fraction of sp³-hybridized carbons (Fsp3) is 0.700. The Bertz CT molecular complexity index is 321. The lowest BCUT2D eigenvalue weighted by atomic mass is 10.3. The molecule has 1 aromatic heterocycles. The van der Waals surface area contributed by atoms with Crippen molar-refractivity contribution < 1.29 is 4.74 Å². The highest BCUT2D eigenvalue weighted by atomic mass is 16.5. The number of rotatable bonds is 1. The van der Waals surface area contributed by atoms with Crippen LogP contribution in [0.5, 0.6) is 0 Å². The normalized spacial score (nSPS) is 21.9. The Hall–Kier alpha value is -1.03. The molecule has 78 valence electrons. The Morgan fingerprint density at radius 1 is 1.57 bits per heavy atom. The van der Waals surface area contributed by atoms with Crippen molar-refractivity contribution in [1.82, 2.24) is 9.78 Å². The molecule has 14 heavy (non-hydrogen) atoms. The molecule has 0 saturated heterocycles. The maximum absolute atomic E-state index is 5.43. The number of nitrogens with zero attached hydrogens (tertiary/aromatic N) is 3. The van der Waals surface area contributed by atoms with Gasteiger partial charge in [-0.05, 0) is 19.8 Å². The van der Waals surface area contributed by atoms with Gasteiger partial charge in [-0.25, -0.2) is 4.68 Å². The summed E-state index contributed by atoms with van der Waals surface area (Å²) in [6, 6.07) is 2.11. The first-order chi connectivity index (χ1) is 6.72. The molecule has 2 rings (SSSR count). The maximum Gasteiger partial charge on any atom is 0.130 e. The largest absolute Gasteiger partial charge is 0.362 e. The van der Waals surface area contributed by atoms with Gasteiger partial charge >= 0.3 is 0 Å². The number of aromatic nitrogens is 2. The van der Waals surface area contributed by atoms with Gasteiger partial charge in [-0.1, -0.05) is 0 Å². The Morgan fingerprint density at radius 2 is 2.36 bits per heavy atom. The van der Waals surface area contributed by atoms with Crippen LogP contribution in [0, 0.1) is 6.92 Å². The molecule has 0 saturated carbocycles. The average molecular weight is 195 g/mol. The molecule has 1 aliphatic rings. The highest BCUT2D eigenvalue weighted by molar-refractivity contribution is 5.40. The molecule has 2 heterocycles. The number of ether oxygens (including phenoxy) is 1. The topological polar surface area (TPSA) is 30.3 Å². The lowest BCUT2D eigenvalue weighted by Crippen LogP contribution is -2.32. The van der Waals surface area contributed by atoms with Gasteiger partial charge in [0.2, 0.25) is 0 Å². The average Bonchev–Trinajstić information content (AvgIpc) is 2.47. The lowest BCUT2D eigenvalue weighted by Gasteiger charge is -2.25. The van der Waals surface area contributed by atoms with Crippen molar-refractivity contribution in [3.63, 3.8) is 0 Å². The van der Waals surface area contributed by atoms with Gasteiger partial charge < -0.3 is 9.64 Å². The fourth-order valence-electron chi connectivity index (χ4n) is 2.01. The smallest absolute Gasteiger partial charge is 0.130 e. The Kier molecular flexibility index (Phi) is 2.46. The van der Waals surface area contributed by atoms with Gasteiger partial charge in [0, 0.05) is 26.8 Å². The zero-order chi connectivity index (χ0) is 10.1. The molecular formula is C10H17N3O. The number of hydrogen-bond acceptors (Lipinski definition) is 3. The zero-order valence-corrected chi connectivity index (χ0v) is 9.03. The quantitative estimate of drug-likeness (QED) is 0.678. The summed E-state index contributed by atoms with van der Waals surface area (Å²) in [6.07, 6.45) is 2.37. The summed E-state index contributed by atoms with van der Waals surface area (Å²) in [6.45, 7) is 3.02. The van der Waals surface area contributed by atoms with E-state index in [2.05, 4.69) is 27.8 Å². The van der Waals surface area contributed by atoms with E-state index < -0.39 is 0 Å². The van der Waals surface area contributed by atoms with Gasteiger partial charge in [0.05, 0.1) is 5.69 Å².